The van der Waals surface area contributed by atoms with Crippen molar-refractivity contribution in [3.8, 4) is 0 Å². The maximum absolute atomic E-state index is 12.4. The summed E-state index contributed by atoms with van der Waals surface area (Å²) in [5.41, 5.74) is 0. The van der Waals surface area contributed by atoms with Gasteiger partial charge in [0.05, 0.1) is 6.61 Å². The molecule has 2 N–H and O–H groups in total. The number of ether oxygens (including phenoxy) is 2. The monoisotopic (exact) mass is 689 g/mol. The molecule has 0 spiro atoms. The van der Waals surface area contributed by atoms with Crippen molar-refractivity contribution >= 4 is 20.5 Å². The van der Waals surface area contributed by atoms with Crippen LogP contribution in [-0.2, 0) is 23.6 Å². The molecule has 0 aliphatic heterocycles. The van der Waals surface area contributed by atoms with Crippen LogP contribution >= 0.6 is 8.60 Å². The molecule has 8 heteroatoms. The van der Waals surface area contributed by atoms with E-state index < -0.39 is 14.7 Å². The summed E-state index contributed by atoms with van der Waals surface area (Å²) in [5, 5.41) is 0. The Morgan fingerprint density at radius 1 is 0.447 bits per heavy atom. The summed E-state index contributed by atoms with van der Waals surface area (Å²) in [6, 6.07) is 0. The van der Waals surface area contributed by atoms with Gasteiger partial charge in [-0.1, -0.05) is 194 Å². The van der Waals surface area contributed by atoms with Gasteiger partial charge in [-0.3, -0.25) is 9.59 Å². The first-order valence-electron chi connectivity index (χ1n) is 20.1. The second-order valence-electron chi connectivity index (χ2n) is 13.7. The lowest BCUT2D eigenvalue weighted by Gasteiger charge is -2.18. The molecular weight excluding hydrogens is 611 g/mol. The molecule has 0 amide bonds. The van der Waals surface area contributed by atoms with E-state index in [1.54, 1.807) is 0 Å². The molecule has 0 bridgehead atoms. The smallest absolute Gasteiger partial charge is 0.327 e. The van der Waals surface area contributed by atoms with Gasteiger partial charge in [0.15, 0.2) is 6.10 Å². The van der Waals surface area contributed by atoms with Crippen LogP contribution in [0.4, 0.5) is 0 Å². The van der Waals surface area contributed by atoms with Crippen molar-refractivity contribution in [2.24, 2.45) is 0 Å². The molecule has 0 unspecified atom stereocenters. The van der Waals surface area contributed by atoms with Crippen LogP contribution in [0.3, 0.4) is 0 Å². The Labute approximate surface area is 292 Å². The summed E-state index contributed by atoms with van der Waals surface area (Å²) in [6.45, 7) is 4.18. The van der Waals surface area contributed by atoms with Crippen molar-refractivity contribution in [1.29, 1.82) is 0 Å². The van der Waals surface area contributed by atoms with Crippen molar-refractivity contribution in [2.75, 3.05) is 13.2 Å². The van der Waals surface area contributed by atoms with Crippen LogP contribution in [0.25, 0.3) is 0 Å². The van der Waals surface area contributed by atoms with E-state index in [0.717, 1.165) is 38.5 Å². The van der Waals surface area contributed by atoms with Crippen LogP contribution in [-0.4, -0.2) is 41.0 Å². The van der Waals surface area contributed by atoms with Crippen molar-refractivity contribution in [3.05, 3.63) is 0 Å². The van der Waals surface area contributed by atoms with Gasteiger partial charge in [0.2, 0.25) is 0 Å². The third-order valence-electron chi connectivity index (χ3n) is 9.07. The molecule has 0 heterocycles. The fourth-order valence-electron chi connectivity index (χ4n) is 6.05. The maximum atomic E-state index is 12.4. The van der Waals surface area contributed by atoms with Gasteiger partial charge in [-0.25, -0.2) is 0 Å². The first-order chi connectivity index (χ1) is 23.0. The Morgan fingerprint density at radius 3 is 1.06 bits per heavy atom. The minimum Gasteiger partial charge on any atom is -0.462 e. The summed E-state index contributed by atoms with van der Waals surface area (Å²) in [4.78, 5) is 42.8. The third-order valence-corrected chi connectivity index (χ3v) is 9.45. The normalized spacial score (nSPS) is 12.1. The van der Waals surface area contributed by atoms with E-state index in [2.05, 4.69) is 13.8 Å². The zero-order chi connectivity index (χ0) is 34.5. The van der Waals surface area contributed by atoms with Gasteiger partial charge in [0.1, 0.15) is 6.61 Å². The lowest BCUT2D eigenvalue weighted by atomic mass is 10.0. The predicted octanol–water partition coefficient (Wildman–Crippen LogP) is 12.2. The fraction of sp³-hybridized carbons (Fsp3) is 0.949. The zero-order valence-corrected chi connectivity index (χ0v) is 31.9. The second-order valence-corrected chi connectivity index (χ2v) is 14.5. The Kier molecular flexibility index (Phi) is 37.5. The predicted molar refractivity (Wildman–Crippen MR) is 197 cm³/mol. The molecule has 0 saturated heterocycles. The van der Waals surface area contributed by atoms with E-state index in [1.165, 1.54) is 154 Å². The van der Waals surface area contributed by atoms with Gasteiger partial charge in [-0.2, -0.15) is 0 Å². The van der Waals surface area contributed by atoms with Crippen LogP contribution in [0.5, 0.6) is 0 Å². The second kappa shape index (κ2) is 38.1. The highest BCUT2D eigenvalue weighted by molar-refractivity contribution is 7.39. The number of carbonyl (C=O) groups excluding carboxylic acids is 2. The standard InChI is InChI=1S/C39H77O7P/c1-3-5-7-9-11-13-15-17-19-21-23-25-27-29-31-33-38(40)44-35-37(36-45-47(42)43)46-39(41)34-32-30-28-26-24-22-20-18-16-14-12-10-8-6-4-2/h37,42-43H,3-36H2,1-2H3/t37-/m1/s1. The van der Waals surface area contributed by atoms with E-state index >= 15 is 0 Å². The summed E-state index contributed by atoms with van der Waals surface area (Å²) >= 11 is 0. The van der Waals surface area contributed by atoms with E-state index in [1.807, 2.05) is 0 Å². The molecule has 280 valence electrons. The number of rotatable bonds is 38. The average Bonchev–Trinajstić information content (AvgIpc) is 3.05. The van der Waals surface area contributed by atoms with Crippen LogP contribution in [0, 0.1) is 0 Å². The van der Waals surface area contributed by atoms with Crippen LogP contribution < -0.4 is 0 Å². The van der Waals surface area contributed by atoms with Crippen LogP contribution in [0.1, 0.15) is 219 Å². The van der Waals surface area contributed by atoms with E-state index in [0.29, 0.717) is 12.8 Å². The molecule has 0 aromatic carbocycles. The Balaban J connectivity index is 3.78. The number of hydrogen-bond acceptors (Lipinski definition) is 7. The maximum Gasteiger partial charge on any atom is 0.327 e. The fourth-order valence-corrected chi connectivity index (χ4v) is 6.35. The topological polar surface area (TPSA) is 102 Å². The summed E-state index contributed by atoms with van der Waals surface area (Å²) < 4.78 is 15.6. The van der Waals surface area contributed by atoms with Gasteiger partial charge >= 0.3 is 20.5 Å². The van der Waals surface area contributed by atoms with E-state index in [9.17, 15) is 9.59 Å². The van der Waals surface area contributed by atoms with E-state index in [-0.39, 0.29) is 25.2 Å². The molecule has 0 radical (unpaired) electrons. The highest BCUT2D eigenvalue weighted by Crippen LogP contribution is 2.25. The number of esters is 2. The Morgan fingerprint density at radius 2 is 0.745 bits per heavy atom. The summed E-state index contributed by atoms with van der Waals surface area (Å²) in [6.07, 6.45) is 37.8. The molecule has 47 heavy (non-hydrogen) atoms. The highest BCUT2D eigenvalue weighted by Gasteiger charge is 2.19. The number of carbonyl (C=O) groups is 2. The van der Waals surface area contributed by atoms with Gasteiger partial charge in [-0.05, 0) is 12.8 Å². The van der Waals surface area contributed by atoms with Gasteiger partial charge in [0.25, 0.3) is 0 Å². The summed E-state index contributed by atoms with van der Waals surface area (Å²) in [7, 11) is -2.57. The van der Waals surface area contributed by atoms with Crippen LogP contribution in [0.15, 0.2) is 0 Å². The molecule has 0 aromatic heterocycles. The van der Waals surface area contributed by atoms with Crippen molar-refractivity contribution in [1.82, 2.24) is 0 Å². The highest BCUT2D eigenvalue weighted by atomic mass is 31.2. The first kappa shape index (κ1) is 46.2. The zero-order valence-electron chi connectivity index (χ0n) is 31.0. The molecular formula is C39H77O7P. The quantitative estimate of drug-likeness (QED) is 0.0378. The molecule has 0 fully saturated rings. The van der Waals surface area contributed by atoms with E-state index in [4.69, 9.17) is 23.8 Å². The van der Waals surface area contributed by atoms with Gasteiger partial charge < -0.3 is 23.8 Å². The van der Waals surface area contributed by atoms with Gasteiger partial charge in [-0.15, -0.1) is 0 Å². The van der Waals surface area contributed by atoms with Crippen LogP contribution in [0.2, 0.25) is 0 Å². The average molecular weight is 689 g/mol. The first-order valence-corrected chi connectivity index (χ1v) is 21.3. The van der Waals surface area contributed by atoms with Crippen molar-refractivity contribution < 1.29 is 33.4 Å². The summed E-state index contributed by atoms with van der Waals surface area (Å²) in [5.74, 6) is -0.689. The minimum absolute atomic E-state index is 0.134. The number of hydrogen-bond donors (Lipinski definition) is 2. The van der Waals surface area contributed by atoms with Crippen molar-refractivity contribution in [3.63, 3.8) is 0 Å². The molecule has 0 rings (SSSR count). The minimum atomic E-state index is -2.57. The van der Waals surface area contributed by atoms with Crippen molar-refractivity contribution in [2.45, 2.75) is 225 Å². The Hall–Kier alpha value is -0.750. The molecule has 0 aliphatic carbocycles. The molecule has 0 aromatic rings. The lowest BCUT2D eigenvalue weighted by molar-refractivity contribution is -0.161. The molecule has 1 atom stereocenters. The Bertz CT molecular complexity index is 661. The SMILES string of the molecule is CCCCCCCCCCCCCCCCCC(=O)OC[C@H](COP(O)O)OC(=O)CCCCCCCCCCCCCCCCC. The van der Waals surface area contributed by atoms with Gasteiger partial charge in [0, 0.05) is 12.8 Å². The molecule has 0 aliphatic rings. The third kappa shape index (κ3) is 37.9. The molecule has 7 nitrogen and oxygen atoms in total. The number of unbranched alkanes of at least 4 members (excludes halogenated alkanes) is 28. The largest absolute Gasteiger partial charge is 0.462 e. The lowest BCUT2D eigenvalue weighted by Crippen LogP contribution is -2.29. The molecule has 0 saturated carbocycles.